The van der Waals surface area contributed by atoms with Gasteiger partial charge in [0.15, 0.2) is 0 Å². The minimum Gasteiger partial charge on any atom is -0.481 e. The fraction of sp³-hybridized carbons (Fsp3) is 0.900. The van der Waals surface area contributed by atoms with E-state index in [4.69, 9.17) is 14.4 Å². The number of aliphatic carboxylic acids is 1. The summed E-state index contributed by atoms with van der Waals surface area (Å²) in [5, 5.41) is 8.58. The molecule has 0 bridgehead atoms. The minimum absolute atomic E-state index is 0.154. The van der Waals surface area contributed by atoms with Gasteiger partial charge in [0.2, 0.25) is 0 Å². The lowest BCUT2D eigenvalue weighted by molar-refractivity contribution is -0.148. The number of carbonyl (C=O) groups is 2. The van der Waals surface area contributed by atoms with Crippen LogP contribution in [0.2, 0.25) is 0 Å². The summed E-state index contributed by atoms with van der Waals surface area (Å²) >= 11 is 0. The Hall–Kier alpha value is -1.15. The molecule has 28 heavy (non-hydrogen) atoms. The molecule has 0 saturated heterocycles. The van der Waals surface area contributed by atoms with Gasteiger partial charge < -0.3 is 9.84 Å². The summed E-state index contributed by atoms with van der Waals surface area (Å²) in [6.07, 6.45) is 11.3. The Kier molecular flexibility index (Phi) is 16.1. The van der Waals surface area contributed by atoms with Crippen LogP contribution in [0.25, 0.3) is 0 Å². The van der Waals surface area contributed by atoms with Gasteiger partial charge in [-0.25, -0.2) is 0 Å². The molecule has 1 unspecified atom stereocenters. The van der Waals surface area contributed by atoms with Gasteiger partial charge in [-0.1, -0.05) is 64.7 Å². The molecule has 0 radical (unpaired) electrons. The zero-order valence-corrected chi connectivity index (χ0v) is 18.1. The van der Waals surface area contributed by atoms with Crippen molar-refractivity contribution in [2.45, 2.75) is 109 Å². The van der Waals surface area contributed by atoms with Gasteiger partial charge in [-0.15, -0.1) is 0 Å². The van der Waals surface area contributed by atoms with Gasteiger partial charge in [-0.3, -0.25) is 14.1 Å². The summed E-state index contributed by atoms with van der Waals surface area (Å²) in [6.45, 7) is 2.17. The fourth-order valence-electron chi connectivity index (χ4n) is 3.06. The Bertz CT molecular complexity index is 517. The van der Waals surface area contributed by atoms with E-state index < -0.39 is 33.9 Å². The van der Waals surface area contributed by atoms with Gasteiger partial charge in [-0.05, 0) is 25.7 Å². The largest absolute Gasteiger partial charge is 0.481 e. The zero-order chi connectivity index (χ0) is 21.3. The first kappa shape index (κ1) is 26.9. The monoisotopic (exact) mass is 422 g/mol. The quantitative estimate of drug-likeness (QED) is 0.175. The molecule has 7 nitrogen and oxygen atoms in total. The average Bonchev–Trinajstić information content (AvgIpc) is 2.58. The zero-order valence-electron chi connectivity index (χ0n) is 17.2. The van der Waals surface area contributed by atoms with Crippen LogP contribution in [-0.2, 0) is 24.4 Å². The highest BCUT2D eigenvalue weighted by Gasteiger charge is 2.20. The van der Waals surface area contributed by atoms with Crippen molar-refractivity contribution in [3.8, 4) is 0 Å². The van der Waals surface area contributed by atoms with Crippen molar-refractivity contribution in [1.82, 2.24) is 0 Å². The predicted molar refractivity (Wildman–Crippen MR) is 109 cm³/mol. The fourth-order valence-corrected chi connectivity index (χ4v) is 3.77. The summed E-state index contributed by atoms with van der Waals surface area (Å²) in [7, 11) is -4.21. The van der Waals surface area contributed by atoms with Crippen LogP contribution in [0.15, 0.2) is 0 Å². The van der Waals surface area contributed by atoms with E-state index in [1.54, 1.807) is 0 Å². The van der Waals surface area contributed by atoms with Crippen LogP contribution >= 0.6 is 0 Å². The lowest BCUT2D eigenvalue weighted by atomic mass is 10.1. The number of carboxylic acids is 1. The number of hydrogen-bond acceptors (Lipinski definition) is 5. The molecule has 1 atom stereocenters. The van der Waals surface area contributed by atoms with E-state index in [2.05, 4.69) is 6.92 Å². The van der Waals surface area contributed by atoms with Crippen molar-refractivity contribution in [2.24, 2.45) is 0 Å². The molecule has 0 aliphatic heterocycles. The lowest BCUT2D eigenvalue weighted by Gasteiger charge is -2.16. The van der Waals surface area contributed by atoms with Gasteiger partial charge in [0.1, 0.15) is 11.9 Å². The first-order chi connectivity index (χ1) is 13.2. The van der Waals surface area contributed by atoms with Crippen LogP contribution in [0.3, 0.4) is 0 Å². The maximum absolute atomic E-state index is 12.0. The number of unbranched alkanes of at least 4 members (excludes halogenated alkanes) is 10. The number of ether oxygens (including phenoxy) is 1. The van der Waals surface area contributed by atoms with Crippen molar-refractivity contribution in [3.63, 3.8) is 0 Å². The Morgan fingerprint density at radius 3 is 1.86 bits per heavy atom. The predicted octanol–water partition coefficient (Wildman–Crippen LogP) is 4.74. The molecule has 166 valence electrons. The molecule has 8 heteroatoms. The molecular formula is C20H38O7S. The molecule has 0 aromatic heterocycles. The SMILES string of the molecule is CCCCCCCCCC(=O)OC(CCCCCCCC(=O)O)CS(=O)(=O)O. The summed E-state index contributed by atoms with van der Waals surface area (Å²) < 4.78 is 36.7. The number of carbonyl (C=O) groups excluding carboxylic acids is 1. The van der Waals surface area contributed by atoms with Crippen LogP contribution in [0.4, 0.5) is 0 Å². The molecule has 0 aliphatic carbocycles. The summed E-state index contributed by atoms with van der Waals surface area (Å²) in [5.74, 6) is -1.79. The van der Waals surface area contributed by atoms with E-state index in [0.29, 0.717) is 19.3 Å². The van der Waals surface area contributed by atoms with Crippen LogP contribution in [0, 0.1) is 0 Å². The lowest BCUT2D eigenvalue weighted by Crippen LogP contribution is -2.26. The van der Waals surface area contributed by atoms with E-state index in [9.17, 15) is 18.0 Å². The molecule has 0 saturated carbocycles. The van der Waals surface area contributed by atoms with Crippen LogP contribution < -0.4 is 0 Å². The molecule has 0 rings (SSSR count). The van der Waals surface area contributed by atoms with Crippen LogP contribution in [0.1, 0.15) is 103 Å². The average molecular weight is 423 g/mol. The summed E-state index contributed by atoms with van der Waals surface area (Å²) in [4.78, 5) is 22.4. The Balaban J connectivity index is 4.03. The van der Waals surface area contributed by atoms with Crippen LogP contribution in [0.5, 0.6) is 0 Å². The molecule has 0 aromatic rings. The van der Waals surface area contributed by atoms with Gasteiger partial charge >= 0.3 is 11.9 Å². The minimum atomic E-state index is -4.21. The number of hydrogen-bond donors (Lipinski definition) is 2. The van der Waals surface area contributed by atoms with Crippen molar-refractivity contribution < 1.29 is 32.4 Å². The second-order valence-electron chi connectivity index (χ2n) is 7.43. The van der Waals surface area contributed by atoms with E-state index in [1.165, 1.54) is 25.7 Å². The van der Waals surface area contributed by atoms with Gasteiger partial charge in [0.05, 0.1) is 0 Å². The molecular weight excluding hydrogens is 384 g/mol. The number of esters is 1. The van der Waals surface area contributed by atoms with Gasteiger partial charge in [-0.2, -0.15) is 8.42 Å². The molecule has 2 N–H and O–H groups in total. The molecule has 0 amide bonds. The van der Waals surface area contributed by atoms with Crippen molar-refractivity contribution in [3.05, 3.63) is 0 Å². The second kappa shape index (κ2) is 16.8. The molecule has 0 spiro atoms. The third-order valence-electron chi connectivity index (χ3n) is 4.60. The number of rotatable bonds is 19. The Morgan fingerprint density at radius 2 is 1.32 bits per heavy atom. The van der Waals surface area contributed by atoms with Gasteiger partial charge in [0.25, 0.3) is 10.1 Å². The Labute approximate surface area is 170 Å². The highest BCUT2D eigenvalue weighted by molar-refractivity contribution is 7.85. The standard InChI is InChI=1S/C20H38O7S/c1-2-3-4-5-6-10-13-16-20(23)27-18(17-28(24,25)26)14-11-8-7-9-12-15-19(21)22/h18H,2-17H2,1H3,(H,21,22)(H,24,25,26). The van der Waals surface area contributed by atoms with E-state index in [1.807, 2.05) is 0 Å². The summed E-state index contributed by atoms with van der Waals surface area (Å²) in [6, 6.07) is 0. The third-order valence-corrected chi connectivity index (χ3v) is 5.39. The molecule has 0 aromatic carbocycles. The topological polar surface area (TPSA) is 118 Å². The molecule has 0 heterocycles. The second-order valence-corrected chi connectivity index (χ2v) is 8.93. The maximum Gasteiger partial charge on any atom is 0.306 e. The smallest absolute Gasteiger partial charge is 0.306 e. The first-order valence-electron chi connectivity index (χ1n) is 10.6. The first-order valence-corrected chi connectivity index (χ1v) is 12.2. The normalized spacial score (nSPS) is 12.6. The highest BCUT2D eigenvalue weighted by Crippen LogP contribution is 2.14. The van der Waals surface area contributed by atoms with Gasteiger partial charge in [0, 0.05) is 12.8 Å². The number of carboxylic acid groups (broad SMARTS) is 1. The third kappa shape index (κ3) is 19.6. The van der Waals surface area contributed by atoms with E-state index in [0.717, 1.165) is 38.5 Å². The van der Waals surface area contributed by atoms with E-state index in [-0.39, 0.29) is 12.8 Å². The van der Waals surface area contributed by atoms with Crippen molar-refractivity contribution >= 4 is 22.1 Å². The molecule has 0 fully saturated rings. The van der Waals surface area contributed by atoms with E-state index >= 15 is 0 Å². The Morgan fingerprint density at radius 1 is 0.821 bits per heavy atom. The van der Waals surface area contributed by atoms with Crippen LogP contribution in [-0.4, -0.2) is 41.9 Å². The van der Waals surface area contributed by atoms with Crippen molar-refractivity contribution in [1.29, 1.82) is 0 Å². The maximum atomic E-state index is 12.0. The highest BCUT2D eigenvalue weighted by atomic mass is 32.2. The molecule has 0 aliphatic rings. The van der Waals surface area contributed by atoms with Crippen molar-refractivity contribution in [2.75, 3.05) is 5.75 Å². The summed E-state index contributed by atoms with van der Waals surface area (Å²) in [5.41, 5.74) is 0.